The van der Waals surface area contributed by atoms with Crippen molar-refractivity contribution in [2.24, 2.45) is 0 Å². The molecule has 0 amide bonds. The van der Waals surface area contributed by atoms with Gasteiger partial charge in [0.25, 0.3) is 0 Å². The fourth-order valence-electron chi connectivity index (χ4n) is 2.16. The van der Waals surface area contributed by atoms with Crippen molar-refractivity contribution in [2.45, 2.75) is 6.92 Å². The first-order chi connectivity index (χ1) is 7.36. The maximum absolute atomic E-state index is 3.33. The molecule has 0 nitrogen and oxygen atoms in total. The summed E-state index contributed by atoms with van der Waals surface area (Å²) in [5.74, 6) is 0. The van der Waals surface area contributed by atoms with E-state index in [1.54, 1.807) is 0 Å². The highest BCUT2D eigenvalue weighted by Crippen LogP contribution is 2.27. The van der Waals surface area contributed by atoms with Crippen molar-refractivity contribution in [1.82, 2.24) is 0 Å². The van der Waals surface area contributed by atoms with Gasteiger partial charge in [-0.3, -0.25) is 0 Å². The average molecular weight is 191 g/mol. The smallest absolute Gasteiger partial charge is 0.00239 e. The van der Waals surface area contributed by atoms with Gasteiger partial charge in [-0.15, -0.1) is 0 Å². The second-order valence-corrected chi connectivity index (χ2v) is 3.87. The van der Waals surface area contributed by atoms with Gasteiger partial charge in [0.1, 0.15) is 0 Å². The van der Waals surface area contributed by atoms with E-state index < -0.39 is 0 Å². The fraction of sp³-hybridized carbons (Fsp3) is 0.0667. The van der Waals surface area contributed by atoms with Gasteiger partial charge in [0.2, 0.25) is 0 Å². The summed E-state index contributed by atoms with van der Waals surface area (Å²) in [6, 6.07) is 20.2. The first-order valence-corrected chi connectivity index (χ1v) is 5.15. The zero-order valence-corrected chi connectivity index (χ0v) is 8.62. The Morgan fingerprint density at radius 1 is 0.867 bits per heavy atom. The molecule has 15 heavy (non-hydrogen) atoms. The summed E-state index contributed by atoms with van der Waals surface area (Å²) in [5, 5.41) is 5.12. The van der Waals surface area contributed by atoms with E-state index in [2.05, 4.69) is 49.4 Å². The highest BCUT2D eigenvalue weighted by molar-refractivity contribution is 6.08. The zero-order chi connectivity index (χ0) is 10.3. The maximum Gasteiger partial charge on any atom is -0.00239 e. The third-order valence-corrected chi connectivity index (χ3v) is 2.89. The molecule has 0 spiro atoms. The van der Waals surface area contributed by atoms with Gasteiger partial charge >= 0.3 is 0 Å². The standard InChI is InChI=1S/C15H11/c1-11-5-4-7-13-10-9-12-6-2-3-8-14(12)15(11)13/h2-7,9-10H,1H3. The summed E-state index contributed by atoms with van der Waals surface area (Å²) in [6.07, 6.45) is 0. The summed E-state index contributed by atoms with van der Waals surface area (Å²) in [4.78, 5) is 0. The van der Waals surface area contributed by atoms with Gasteiger partial charge in [0.05, 0.1) is 0 Å². The third kappa shape index (κ3) is 1.22. The predicted octanol–water partition coefficient (Wildman–Crippen LogP) is 4.10. The lowest BCUT2D eigenvalue weighted by atomic mass is 9.99. The molecule has 3 rings (SSSR count). The fourth-order valence-corrected chi connectivity index (χ4v) is 2.16. The molecular formula is C15H11. The van der Waals surface area contributed by atoms with Gasteiger partial charge in [-0.2, -0.15) is 0 Å². The van der Waals surface area contributed by atoms with Gasteiger partial charge in [-0.05, 0) is 40.1 Å². The minimum absolute atomic E-state index is 1.23. The molecule has 1 radical (unpaired) electrons. The monoisotopic (exact) mass is 191 g/mol. The maximum atomic E-state index is 3.33. The van der Waals surface area contributed by atoms with Crippen LogP contribution in [0, 0.1) is 13.0 Å². The van der Waals surface area contributed by atoms with Gasteiger partial charge in [-0.1, -0.05) is 48.5 Å². The quantitative estimate of drug-likeness (QED) is 0.469. The van der Waals surface area contributed by atoms with Crippen molar-refractivity contribution in [1.29, 1.82) is 0 Å². The van der Waals surface area contributed by atoms with Crippen LogP contribution in [-0.2, 0) is 0 Å². The van der Waals surface area contributed by atoms with Crippen molar-refractivity contribution in [3.8, 4) is 0 Å². The number of rotatable bonds is 0. The Bertz CT molecular complexity index is 636. The topological polar surface area (TPSA) is 0 Å². The number of aryl methyl sites for hydroxylation is 1. The summed E-state index contributed by atoms with van der Waals surface area (Å²) >= 11 is 0. The molecule has 71 valence electrons. The first-order valence-electron chi connectivity index (χ1n) is 5.15. The largest absolute Gasteiger partial charge is 0.0614 e. The molecule has 0 saturated heterocycles. The Balaban J connectivity index is 2.64. The number of fused-ring (bicyclic) bond motifs is 3. The first kappa shape index (κ1) is 8.49. The Labute approximate surface area is 89.2 Å². The second-order valence-electron chi connectivity index (χ2n) is 3.87. The summed E-state index contributed by atoms with van der Waals surface area (Å²) in [5.41, 5.74) is 1.32. The predicted molar refractivity (Wildman–Crippen MR) is 65.0 cm³/mol. The van der Waals surface area contributed by atoms with Crippen LogP contribution in [0.5, 0.6) is 0 Å². The Kier molecular flexibility index (Phi) is 1.75. The van der Waals surface area contributed by atoms with Crippen LogP contribution >= 0.6 is 0 Å². The number of hydrogen-bond donors (Lipinski definition) is 0. The zero-order valence-electron chi connectivity index (χ0n) is 8.62. The van der Waals surface area contributed by atoms with Crippen molar-refractivity contribution in [3.05, 3.63) is 60.2 Å². The molecule has 0 saturated carbocycles. The van der Waals surface area contributed by atoms with Crippen LogP contribution in [0.2, 0.25) is 0 Å². The van der Waals surface area contributed by atoms with Crippen molar-refractivity contribution in [3.63, 3.8) is 0 Å². The van der Waals surface area contributed by atoms with Crippen molar-refractivity contribution >= 4 is 21.5 Å². The van der Waals surface area contributed by atoms with Crippen LogP contribution in [0.3, 0.4) is 0 Å². The molecule has 0 aliphatic heterocycles. The molecule has 0 N–H and O–H groups in total. The SMILES string of the molecule is Cc1cccc2ccc3ccc[c]c3c12. The third-order valence-electron chi connectivity index (χ3n) is 2.89. The van der Waals surface area contributed by atoms with Gasteiger partial charge in [0, 0.05) is 0 Å². The normalized spacial score (nSPS) is 11.0. The van der Waals surface area contributed by atoms with Gasteiger partial charge in [0.15, 0.2) is 0 Å². The molecule has 0 heterocycles. The Hall–Kier alpha value is -1.82. The Morgan fingerprint density at radius 3 is 2.60 bits per heavy atom. The molecule has 0 bridgehead atoms. The molecule has 0 aromatic heterocycles. The minimum atomic E-state index is 1.23. The Morgan fingerprint density at radius 2 is 1.67 bits per heavy atom. The number of benzene rings is 3. The second kappa shape index (κ2) is 3.09. The molecule has 0 fully saturated rings. The highest BCUT2D eigenvalue weighted by atomic mass is 14.0. The summed E-state index contributed by atoms with van der Waals surface area (Å²) in [7, 11) is 0. The van der Waals surface area contributed by atoms with Crippen molar-refractivity contribution < 1.29 is 0 Å². The van der Waals surface area contributed by atoms with E-state index in [0.717, 1.165) is 0 Å². The van der Waals surface area contributed by atoms with Crippen LogP contribution in [0.4, 0.5) is 0 Å². The highest BCUT2D eigenvalue weighted by Gasteiger charge is 2.01. The summed E-state index contributed by atoms with van der Waals surface area (Å²) < 4.78 is 0. The molecule has 0 aliphatic carbocycles. The van der Waals surface area contributed by atoms with E-state index in [1.165, 1.54) is 27.1 Å². The average Bonchev–Trinajstić information content (AvgIpc) is 2.29. The molecule has 3 aromatic rings. The minimum Gasteiger partial charge on any atom is -0.0614 e. The van der Waals surface area contributed by atoms with E-state index in [-0.39, 0.29) is 0 Å². The van der Waals surface area contributed by atoms with E-state index >= 15 is 0 Å². The molecule has 0 aliphatic rings. The lowest BCUT2D eigenvalue weighted by molar-refractivity contribution is 1.54. The van der Waals surface area contributed by atoms with Crippen LogP contribution in [0.15, 0.2) is 48.5 Å². The molecule has 0 unspecified atom stereocenters. The number of hydrogen-bond acceptors (Lipinski definition) is 0. The van der Waals surface area contributed by atoms with E-state index in [4.69, 9.17) is 0 Å². The lowest BCUT2D eigenvalue weighted by Gasteiger charge is -2.05. The van der Waals surface area contributed by atoms with E-state index in [1.807, 2.05) is 12.1 Å². The van der Waals surface area contributed by atoms with Crippen molar-refractivity contribution in [2.75, 3.05) is 0 Å². The van der Waals surface area contributed by atoms with Gasteiger partial charge < -0.3 is 0 Å². The van der Waals surface area contributed by atoms with Crippen LogP contribution < -0.4 is 0 Å². The molecule has 0 atom stereocenters. The molecule has 0 heteroatoms. The molecule has 3 aromatic carbocycles. The van der Waals surface area contributed by atoms with Crippen LogP contribution in [0.1, 0.15) is 5.56 Å². The van der Waals surface area contributed by atoms with E-state index in [9.17, 15) is 0 Å². The van der Waals surface area contributed by atoms with Crippen LogP contribution in [-0.4, -0.2) is 0 Å². The van der Waals surface area contributed by atoms with Gasteiger partial charge in [-0.25, -0.2) is 0 Å². The van der Waals surface area contributed by atoms with Crippen LogP contribution in [0.25, 0.3) is 21.5 Å². The lowest BCUT2D eigenvalue weighted by Crippen LogP contribution is -1.81. The van der Waals surface area contributed by atoms with E-state index in [0.29, 0.717) is 0 Å². The summed E-state index contributed by atoms with van der Waals surface area (Å²) in [6.45, 7) is 2.16. The molecular weight excluding hydrogens is 180 g/mol.